The van der Waals surface area contributed by atoms with Crippen LogP contribution in [-0.4, -0.2) is 39.6 Å². The molecule has 1 aromatic carbocycles. The lowest BCUT2D eigenvalue weighted by Crippen LogP contribution is -2.30. The molecule has 0 heterocycles. The molecule has 0 aliphatic heterocycles. The van der Waals surface area contributed by atoms with Gasteiger partial charge >= 0.3 is 12.1 Å². The Morgan fingerprint density at radius 1 is 1.24 bits per heavy atom. The van der Waals surface area contributed by atoms with Gasteiger partial charge < -0.3 is 19.6 Å². The number of rotatable bonds is 5. The Bertz CT molecular complexity index is 544. The number of benzene rings is 1. The van der Waals surface area contributed by atoms with Crippen molar-refractivity contribution in [1.82, 2.24) is 0 Å². The molecule has 1 aromatic rings. The third-order valence-electron chi connectivity index (χ3n) is 2.37. The van der Waals surface area contributed by atoms with E-state index in [1.165, 1.54) is 33.5 Å². The molecule has 1 rings (SSSR count). The van der Waals surface area contributed by atoms with Crippen LogP contribution in [0, 0.1) is 0 Å². The van der Waals surface area contributed by atoms with Crippen molar-refractivity contribution in [2.24, 2.45) is 5.16 Å². The van der Waals surface area contributed by atoms with Crippen LogP contribution in [0.15, 0.2) is 17.3 Å². The molecule has 0 unspecified atom stereocenters. The van der Waals surface area contributed by atoms with Crippen molar-refractivity contribution in [1.29, 1.82) is 0 Å². The summed E-state index contributed by atoms with van der Waals surface area (Å²) in [6.07, 6.45) is -3.91. The molecular formula is C12H13F3N2O4. The first-order chi connectivity index (χ1) is 9.85. The second-order valence-corrected chi connectivity index (χ2v) is 3.63. The number of oxime groups is 1. The van der Waals surface area contributed by atoms with Crippen LogP contribution in [0.5, 0.6) is 11.5 Å². The molecule has 0 spiro atoms. The van der Waals surface area contributed by atoms with Crippen LogP contribution in [0.25, 0.3) is 0 Å². The van der Waals surface area contributed by atoms with E-state index in [1.54, 1.807) is 5.32 Å². The average molecular weight is 306 g/mol. The lowest BCUT2D eigenvalue weighted by atomic mass is 10.1. The summed E-state index contributed by atoms with van der Waals surface area (Å²) in [5.41, 5.74) is -0.0629. The summed E-state index contributed by atoms with van der Waals surface area (Å²) < 4.78 is 47.1. The number of nitrogens with zero attached hydrogens (tertiary/aromatic N) is 1. The number of hydrogen-bond acceptors (Lipinski definition) is 5. The lowest BCUT2D eigenvalue weighted by molar-refractivity contribution is -0.167. The van der Waals surface area contributed by atoms with E-state index in [0.29, 0.717) is 0 Å². The number of carbonyl (C=O) groups excluding carboxylic acids is 1. The number of anilines is 1. The van der Waals surface area contributed by atoms with E-state index in [1.807, 2.05) is 0 Å². The van der Waals surface area contributed by atoms with Gasteiger partial charge in [0, 0.05) is 5.56 Å². The number of ether oxygens (including phenoxy) is 2. The summed E-state index contributed by atoms with van der Waals surface area (Å²) in [6, 6.07) is 2.86. The highest BCUT2D eigenvalue weighted by Crippen LogP contribution is 2.38. The Kier molecular flexibility index (Phi) is 5.39. The van der Waals surface area contributed by atoms with Crippen molar-refractivity contribution in [3.05, 3.63) is 17.7 Å². The molecular weight excluding hydrogens is 293 g/mol. The molecule has 116 valence electrons. The van der Waals surface area contributed by atoms with Crippen molar-refractivity contribution in [3.63, 3.8) is 0 Å². The van der Waals surface area contributed by atoms with Crippen LogP contribution in [0.3, 0.4) is 0 Å². The van der Waals surface area contributed by atoms with Gasteiger partial charge in [-0.1, -0.05) is 5.16 Å². The van der Waals surface area contributed by atoms with Crippen molar-refractivity contribution in [2.45, 2.75) is 6.18 Å². The Hall–Kier alpha value is -2.45. The first kappa shape index (κ1) is 16.6. The lowest BCUT2D eigenvalue weighted by Gasteiger charge is -2.16. The van der Waals surface area contributed by atoms with Gasteiger partial charge in [-0.05, 0) is 12.1 Å². The molecule has 0 saturated carbocycles. The van der Waals surface area contributed by atoms with Gasteiger partial charge in [-0.3, -0.25) is 4.79 Å². The van der Waals surface area contributed by atoms with Crippen LogP contribution in [0.4, 0.5) is 18.9 Å². The van der Waals surface area contributed by atoms with E-state index in [-0.39, 0.29) is 22.7 Å². The largest absolute Gasteiger partial charge is 0.493 e. The number of nitrogens with one attached hydrogen (secondary N) is 1. The predicted octanol–water partition coefficient (Wildman–Crippen LogP) is 2.18. The number of amides is 1. The molecule has 21 heavy (non-hydrogen) atoms. The van der Waals surface area contributed by atoms with Gasteiger partial charge in [0.05, 0.1) is 26.1 Å². The fourth-order valence-electron chi connectivity index (χ4n) is 1.47. The Labute approximate surface area is 118 Å². The van der Waals surface area contributed by atoms with Crippen LogP contribution in [0.1, 0.15) is 5.56 Å². The van der Waals surface area contributed by atoms with E-state index in [0.717, 1.165) is 6.21 Å². The average Bonchev–Trinajstić information content (AvgIpc) is 2.44. The van der Waals surface area contributed by atoms with Gasteiger partial charge in [-0.2, -0.15) is 13.2 Å². The van der Waals surface area contributed by atoms with Crippen molar-refractivity contribution in [3.8, 4) is 11.5 Å². The minimum absolute atomic E-state index is 0.0600. The summed E-state index contributed by atoms with van der Waals surface area (Å²) >= 11 is 0. The molecule has 1 amide bonds. The van der Waals surface area contributed by atoms with Crippen molar-refractivity contribution >= 4 is 17.8 Å². The third kappa shape index (κ3) is 4.01. The highest BCUT2D eigenvalue weighted by Gasteiger charge is 2.39. The van der Waals surface area contributed by atoms with Gasteiger partial charge in [-0.25, -0.2) is 0 Å². The molecule has 0 bridgehead atoms. The normalized spacial score (nSPS) is 11.3. The molecule has 1 N–H and O–H groups in total. The molecule has 6 nitrogen and oxygen atoms in total. The van der Waals surface area contributed by atoms with E-state index >= 15 is 0 Å². The van der Waals surface area contributed by atoms with E-state index in [4.69, 9.17) is 9.47 Å². The summed E-state index contributed by atoms with van der Waals surface area (Å²) in [6.45, 7) is 0. The molecule has 0 aliphatic carbocycles. The zero-order valence-corrected chi connectivity index (χ0v) is 11.4. The predicted molar refractivity (Wildman–Crippen MR) is 68.8 cm³/mol. The molecule has 0 aromatic heterocycles. The highest BCUT2D eigenvalue weighted by molar-refractivity contribution is 6.02. The van der Waals surface area contributed by atoms with E-state index in [2.05, 4.69) is 9.99 Å². The van der Waals surface area contributed by atoms with Crippen LogP contribution in [-0.2, 0) is 9.63 Å². The monoisotopic (exact) mass is 306 g/mol. The minimum Gasteiger partial charge on any atom is -0.493 e. The van der Waals surface area contributed by atoms with Crippen LogP contribution in [0.2, 0.25) is 0 Å². The Morgan fingerprint density at radius 3 is 2.38 bits per heavy atom. The highest BCUT2D eigenvalue weighted by atomic mass is 19.4. The van der Waals surface area contributed by atoms with Crippen LogP contribution >= 0.6 is 0 Å². The number of hydrogen-bond donors (Lipinski definition) is 1. The zero-order valence-electron chi connectivity index (χ0n) is 11.4. The second-order valence-electron chi connectivity index (χ2n) is 3.63. The summed E-state index contributed by atoms with van der Waals surface area (Å²) in [4.78, 5) is 15.6. The standard InChI is InChI=1S/C12H13F3N2O4/c1-19-8-5-4-7(6-16-21-3)9(10(8)20-2)17-11(18)12(13,14)15/h4-6H,1-3H3,(H,17,18)/b16-6-. The van der Waals surface area contributed by atoms with Crippen LogP contribution < -0.4 is 14.8 Å². The second kappa shape index (κ2) is 6.82. The summed E-state index contributed by atoms with van der Waals surface area (Å²) in [7, 11) is 3.82. The van der Waals surface area contributed by atoms with Crippen molar-refractivity contribution < 1.29 is 32.3 Å². The topological polar surface area (TPSA) is 69.2 Å². The molecule has 0 aliphatic rings. The maximum absolute atomic E-state index is 12.4. The van der Waals surface area contributed by atoms with E-state index in [9.17, 15) is 18.0 Å². The fraction of sp³-hybridized carbons (Fsp3) is 0.333. The molecule has 0 saturated heterocycles. The fourth-order valence-corrected chi connectivity index (χ4v) is 1.47. The number of methoxy groups -OCH3 is 2. The minimum atomic E-state index is -5.04. The van der Waals surface area contributed by atoms with Gasteiger partial charge in [0.2, 0.25) is 0 Å². The molecule has 0 radical (unpaired) electrons. The number of carbonyl (C=O) groups is 1. The zero-order chi connectivity index (χ0) is 16.0. The summed E-state index contributed by atoms with van der Waals surface area (Å²) in [5, 5.41) is 5.19. The van der Waals surface area contributed by atoms with E-state index < -0.39 is 12.1 Å². The Balaban J connectivity index is 3.34. The van der Waals surface area contributed by atoms with Gasteiger partial charge in [0.1, 0.15) is 7.11 Å². The maximum atomic E-state index is 12.4. The maximum Gasteiger partial charge on any atom is 0.471 e. The summed E-state index contributed by atoms with van der Waals surface area (Å²) in [5.74, 6) is -2.04. The third-order valence-corrected chi connectivity index (χ3v) is 2.37. The first-order valence-corrected chi connectivity index (χ1v) is 5.54. The molecule has 0 atom stereocenters. The van der Waals surface area contributed by atoms with Gasteiger partial charge in [0.25, 0.3) is 0 Å². The number of alkyl halides is 3. The van der Waals surface area contributed by atoms with Gasteiger partial charge in [-0.15, -0.1) is 0 Å². The van der Waals surface area contributed by atoms with Gasteiger partial charge in [0.15, 0.2) is 11.5 Å². The smallest absolute Gasteiger partial charge is 0.471 e. The first-order valence-electron chi connectivity index (χ1n) is 5.54. The SMILES string of the molecule is CO/N=C\c1ccc(OC)c(OC)c1NC(=O)C(F)(F)F. The quantitative estimate of drug-likeness (QED) is 0.669. The van der Waals surface area contributed by atoms with Crippen molar-refractivity contribution in [2.75, 3.05) is 26.6 Å². The molecule has 9 heteroatoms. The molecule has 0 fully saturated rings. The number of halogens is 3. The Morgan fingerprint density at radius 2 is 1.90 bits per heavy atom.